The van der Waals surface area contributed by atoms with E-state index in [1.165, 1.54) is 4.57 Å². The normalized spacial score (nSPS) is 11.0. The molecule has 0 fully saturated rings. The number of carbonyl (C=O) groups excluding carboxylic acids is 1. The van der Waals surface area contributed by atoms with Crippen molar-refractivity contribution in [2.45, 2.75) is 32.7 Å². The molecule has 174 valence electrons. The second-order valence-corrected chi connectivity index (χ2v) is 8.64. The van der Waals surface area contributed by atoms with Gasteiger partial charge in [0.2, 0.25) is 5.91 Å². The van der Waals surface area contributed by atoms with Crippen LogP contribution < -0.4 is 16.6 Å². The Hall–Kier alpha value is -3.64. The van der Waals surface area contributed by atoms with Gasteiger partial charge in [0.15, 0.2) is 0 Å². The summed E-state index contributed by atoms with van der Waals surface area (Å²) in [6.45, 7) is 3.03. The van der Waals surface area contributed by atoms with E-state index in [1.807, 2.05) is 18.2 Å². The summed E-state index contributed by atoms with van der Waals surface area (Å²) in [5.74, 6) is -0.0469. The number of nitrogens with one attached hydrogen (secondary N) is 1. The van der Waals surface area contributed by atoms with Crippen molar-refractivity contribution in [3.05, 3.63) is 110 Å². The van der Waals surface area contributed by atoms with Gasteiger partial charge in [-0.05, 0) is 53.9 Å². The third kappa shape index (κ3) is 5.13. The molecular formula is C27H26ClN3O3. The van der Waals surface area contributed by atoms with Crippen LogP contribution in [0.3, 0.4) is 0 Å². The lowest BCUT2D eigenvalue weighted by Gasteiger charge is -2.15. The van der Waals surface area contributed by atoms with E-state index >= 15 is 0 Å². The number of aromatic nitrogens is 2. The van der Waals surface area contributed by atoms with Crippen LogP contribution in [-0.2, 0) is 17.8 Å². The van der Waals surface area contributed by atoms with Crippen molar-refractivity contribution >= 4 is 28.4 Å². The molecule has 0 aliphatic carbocycles. The smallest absolute Gasteiger partial charge is 0.336 e. The summed E-state index contributed by atoms with van der Waals surface area (Å²) in [7, 11) is 0. The van der Waals surface area contributed by atoms with E-state index in [-0.39, 0.29) is 17.9 Å². The van der Waals surface area contributed by atoms with Gasteiger partial charge in [-0.15, -0.1) is 0 Å². The van der Waals surface area contributed by atoms with Crippen LogP contribution in [0.25, 0.3) is 16.6 Å². The highest BCUT2D eigenvalue weighted by Gasteiger charge is 2.15. The van der Waals surface area contributed by atoms with E-state index in [0.29, 0.717) is 34.7 Å². The number of para-hydroxylation sites is 1. The lowest BCUT2D eigenvalue weighted by molar-refractivity contribution is -0.120. The van der Waals surface area contributed by atoms with E-state index in [1.54, 1.807) is 59.2 Å². The first-order valence-electron chi connectivity index (χ1n) is 11.3. The Kier molecular flexibility index (Phi) is 7.28. The zero-order chi connectivity index (χ0) is 24.1. The second kappa shape index (κ2) is 10.5. The summed E-state index contributed by atoms with van der Waals surface area (Å²) in [6, 6.07) is 21.3. The number of amides is 1. The van der Waals surface area contributed by atoms with Crippen molar-refractivity contribution in [2.24, 2.45) is 0 Å². The monoisotopic (exact) mass is 475 g/mol. The molecule has 3 aromatic carbocycles. The van der Waals surface area contributed by atoms with Gasteiger partial charge in [0.25, 0.3) is 5.56 Å². The van der Waals surface area contributed by atoms with Crippen LogP contribution >= 0.6 is 11.6 Å². The molecule has 0 radical (unpaired) electrons. The van der Waals surface area contributed by atoms with Gasteiger partial charge < -0.3 is 5.32 Å². The quantitative estimate of drug-likeness (QED) is 0.386. The lowest BCUT2D eigenvalue weighted by atomic mass is 10.1. The first-order chi connectivity index (χ1) is 16.5. The Bertz CT molecular complexity index is 1420. The molecular weight excluding hydrogens is 450 g/mol. The number of halogens is 1. The predicted molar refractivity (Wildman–Crippen MR) is 136 cm³/mol. The van der Waals surface area contributed by atoms with Gasteiger partial charge in [-0.1, -0.05) is 61.3 Å². The summed E-state index contributed by atoms with van der Waals surface area (Å²) in [5.41, 5.74) is 1.94. The fraction of sp³-hybridized carbons (Fsp3) is 0.222. The largest absolute Gasteiger partial charge is 0.356 e. The minimum Gasteiger partial charge on any atom is -0.356 e. The van der Waals surface area contributed by atoms with Crippen molar-refractivity contribution in [3.63, 3.8) is 0 Å². The first-order valence-corrected chi connectivity index (χ1v) is 11.7. The molecule has 4 aromatic rings. The van der Waals surface area contributed by atoms with Gasteiger partial charge in [-0.2, -0.15) is 0 Å². The Balaban J connectivity index is 1.71. The minimum absolute atomic E-state index is 0.0469. The molecule has 0 unspecified atom stereocenters. The zero-order valence-corrected chi connectivity index (χ0v) is 19.7. The van der Waals surface area contributed by atoms with Crippen molar-refractivity contribution in [3.8, 4) is 5.69 Å². The molecule has 1 amide bonds. The van der Waals surface area contributed by atoms with Crippen LogP contribution in [0.4, 0.5) is 0 Å². The molecule has 4 rings (SSSR count). The average Bonchev–Trinajstić information content (AvgIpc) is 2.84. The van der Waals surface area contributed by atoms with Crippen LogP contribution in [0.2, 0.25) is 5.02 Å². The maximum Gasteiger partial charge on any atom is 0.336 e. The molecule has 0 aliphatic heterocycles. The van der Waals surface area contributed by atoms with Gasteiger partial charge in [0.1, 0.15) is 0 Å². The van der Waals surface area contributed by atoms with Crippen LogP contribution in [0.5, 0.6) is 0 Å². The number of rotatable bonds is 8. The van der Waals surface area contributed by atoms with Crippen molar-refractivity contribution < 1.29 is 4.79 Å². The fourth-order valence-corrected chi connectivity index (χ4v) is 4.02. The standard InChI is InChI=1S/C27H26ClN3O3/c1-2-3-16-29-25(32)17-19-10-14-22(15-11-19)31-26(33)23-6-4-5-7-24(23)30(27(31)34)18-20-8-12-21(28)13-9-20/h4-15H,2-3,16-18H2,1H3,(H,29,32). The topological polar surface area (TPSA) is 73.1 Å². The molecule has 1 N–H and O–H groups in total. The SMILES string of the molecule is CCCCNC(=O)Cc1ccc(-n2c(=O)c3ccccc3n(Cc3ccc(Cl)cc3)c2=O)cc1. The highest BCUT2D eigenvalue weighted by atomic mass is 35.5. The molecule has 0 atom stereocenters. The van der Waals surface area contributed by atoms with E-state index in [0.717, 1.165) is 24.0 Å². The number of hydrogen-bond acceptors (Lipinski definition) is 3. The Morgan fingerprint density at radius 1 is 0.912 bits per heavy atom. The Labute approximate surface area is 202 Å². The van der Waals surface area contributed by atoms with E-state index < -0.39 is 5.69 Å². The van der Waals surface area contributed by atoms with E-state index in [4.69, 9.17) is 11.6 Å². The molecule has 7 heteroatoms. The minimum atomic E-state index is -0.427. The molecule has 34 heavy (non-hydrogen) atoms. The zero-order valence-electron chi connectivity index (χ0n) is 19.0. The molecule has 0 aliphatic rings. The predicted octanol–water partition coefficient (Wildman–Crippen LogP) is 4.31. The summed E-state index contributed by atoms with van der Waals surface area (Å²) in [4.78, 5) is 38.9. The van der Waals surface area contributed by atoms with E-state index in [2.05, 4.69) is 12.2 Å². The number of hydrogen-bond donors (Lipinski definition) is 1. The maximum atomic E-state index is 13.5. The second-order valence-electron chi connectivity index (χ2n) is 8.20. The number of fused-ring (bicyclic) bond motifs is 1. The van der Waals surface area contributed by atoms with Crippen molar-refractivity contribution in [1.82, 2.24) is 14.5 Å². The molecule has 0 spiro atoms. The molecule has 1 aromatic heterocycles. The van der Waals surface area contributed by atoms with Gasteiger partial charge >= 0.3 is 5.69 Å². The van der Waals surface area contributed by atoms with Crippen LogP contribution in [-0.4, -0.2) is 21.6 Å². The maximum absolute atomic E-state index is 13.5. The third-order valence-electron chi connectivity index (χ3n) is 5.72. The first kappa shape index (κ1) is 23.5. The number of carbonyl (C=O) groups is 1. The third-order valence-corrected chi connectivity index (χ3v) is 5.97. The molecule has 0 bridgehead atoms. The van der Waals surface area contributed by atoms with Gasteiger partial charge in [0.05, 0.1) is 29.6 Å². The Morgan fingerprint density at radius 2 is 1.59 bits per heavy atom. The van der Waals surface area contributed by atoms with Crippen molar-refractivity contribution in [1.29, 1.82) is 0 Å². The molecule has 0 saturated carbocycles. The van der Waals surface area contributed by atoms with Crippen LogP contribution in [0.15, 0.2) is 82.4 Å². The summed E-state index contributed by atoms with van der Waals surface area (Å²) >= 11 is 6.00. The van der Waals surface area contributed by atoms with Crippen LogP contribution in [0.1, 0.15) is 30.9 Å². The fourth-order valence-electron chi connectivity index (χ4n) is 3.89. The number of benzene rings is 3. The lowest BCUT2D eigenvalue weighted by Crippen LogP contribution is -2.39. The van der Waals surface area contributed by atoms with Crippen molar-refractivity contribution in [2.75, 3.05) is 6.54 Å². The highest BCUT2D eigenvalue weighted by Crippen LogP contribution is 2.15. The molecule has 6 nitrogen and oxygen atoms in total. The highest BCUT2D eigenvalue weighted by molar-refractivity contribution is 6.30. The van der Waals surface area contributed by atoms with Gasteiger partial charge in [-0.3, -0.25) is 14.2 Å². The Morgan fingerprint density at radius 3 is 2.29 bits per heavy atom. The number of nitrogens with zero attached hydrogens (tertiary/aromatic N) is 2. The molecule has 1 heterocycles. The van der Waals surface area contributed by atoms with E-state index in [9.17, 15) is 14.4 Å². The summed E-state index contributed by atoms with van der Waals surface area (Å²) in [6.07, 6.45) is 2.21. The van der Waals surface area contributed by atoms with Crippen LogP contribution in [0, 0.1) is 0 Å². The summed E-state index contributed by atoms with van der Waals surface area (Å²) in [5, 5.41) is 3.96. The number of unbranched alkanes of at least 4 members (excludes halogenated alkanes) is 1. The molecule has 0 saturated heterocycles. The van der Waals surface area contributed by atoms with Gasteiger partial charge in [0, 0.05) is 11.6 Å². The van der Waals surface area contributed by atoms with Gasteiger partial charge in [-0.25, -0.2) is 9.36 Å². The summed E-state index contributed by atoms with van der Waals surface area (Å²) < 4.78 is 2.78. The average molecular weight is 476 g/mol.